The molecule has 0 aliphatic carbocycles. The van der Waals surface area contributed by atoms with E-state index in [2.05, 4.69) is 40.8 Å². The SMILES string of the molecule is CSc1ccc(-c2cncc(NC(=O)c3cccs3)c2)cc1. The van der Waals surface area contributed by atoms with Gasteiger partial charge in [-0.05, 0) is 41.5 Å². The number of amides is 1. The highest BCUT2D eigenvalue weighted by Crippen LogP contribution is 2.24. The highest BCUT2D eigenvalue weighted by atomic mass is 32.2. The van der Waals surface area contributed by atoms with Crippen LogP contribution in [-0.2, 0) is 0 Å². The summed E-state index contributed by atoms with van der Waals surface area (Å²) >= 11 is 3.13. The molecule has 2 heterocycles. The fourth-order valence-electron chi connectivity index (χ4n) is 2.05. The molecule has 3 nitrogen and oxygen atoms in total. The molecule has 1 aromatic carbocycles. The van der Waals surface area contributed by atoms with Gasteiger partial charge in [-0.25, -0.2) is 0 Å². The molecule has 0 saturated carbocycles. The van der Waals surface area contributed by atoms with Crippen LogP contribution in [0.2, 0.25) is 0 Å². The van der Waals surface area contributed by atoms with E-state index in [1.165, 1.54) is 16.2 Å². The molecular formula is C17H14N2OS2. The van der Waals surface area contributed by atoms with Crippen molar-refractivity contribution in [3.05, 3.63) is 65.1 Å². The molecule has 22 heavy (non-hydrogen) atoms. The Hall–Kier alpha value is -2.11. The highest BCUT2D eigenvalue weighted by Gasteiger charge is 2.08. The Morgan fingerprint density at radius 2 is 1.95 bits per heavy atom. The van der Waals surface area contributed by atoms with Gasteiger partial charge in [0.2, 0.25) is 0 Å². The van der Waals surface area contributed by atoms with Crippen molar-refractivity contribution in [3.8, 4) is 11.1 Å². The summed E-state index contributed by atoms with van der Waals surface area (Å²) in [4.78, 5) is 18.2. The number of benzene rings is 1. The summed E-state index contributed by atoms with van der Waals surface area (Å²) in [7, 11) is 0. The zero-order valence-corrected chi connectivity index (χ0v) is 13.6. The Kier molecular flexibility index (Phi) is 4.56. The van der Waals surface area contributed by atoms with Crippen molar-refractivity contribution in [2.24, 2.45) is 0 Å². The lowest BCUT2D eigenvalue weighted by atomic mass is 10.1. The van der Waals surface area contributed by atoms with Crippen LogP contribution in [0.3, 0.4) is 0 Å². The quantitative estimate of drug-likeness (QED) is 0.701. The smallest absolute Gasteiger partial charge is 0.265 e. The number of hydrogen-bond donors (Lipinski definition) is 1. The van der Waals surface area contributed by atoms with Gasteiger partial charge in [-0.15, -0.1) is 23.1 Å². The summed E-state index contributed by atoms with van der Waals surface area (Å²) < 4.78 is 0. The molecule has 0 atom stereocenters. The average molecular weight is 326 g/mol. The molecule has 1 amide bonds. The van der Waals surface area contributed by atoms with Gasteiger partial charge in [0, 0.05) is 16.7 Å². The number of thiophene rings is 1. The molecule has 1 N–H and O–H groups in total. The number of carbonyl (C=O) groups excluding carboxylic acids is 1. The first kappa shape index (κ1) is 14.8. The molecule has 110 valence electrons. The van der Waals surface area contributed by atoms with E-state index in [4.69, 9.17) is 0 Å². The third kappa shape index (κ3) is 3.37. The third-order valence-corrected chi connectivity index (χ3v) is 4.78. The number of anilines is 1. The predicted molar refractivity (Wildman–Crippen MR) is 93.7 cm³/mol. The lowest BCUT2D eigenvalue weighted by Crippen LogP contribution is -2.10. The maximum Gasteiger partial charge on any atom is 0.265 e. The average Bonchev–Trinajstić information content (AvgIpc) is 3.10. The molecule has 3 rings (SSSR count). The Labute approximate surface area is 137 Å². The van der Waals surface area contributed by atoms with Crippen LogP contribution in [0, 0.1) is 0 Å². The number of hydrogen-bond acceptors (Lipinski definition) is 4. The van der Waals surface area contributed by atoms with Gasteiger partial charge in [0.25, 0.3) is 5.91 Å². The molecule has 0 aliphatic heterocycles. The maximum atomic E-state index is 12.1. The molecule has 0 spiro atoms. The van der Waals surface area contributed by atoms with Crippen LogP contribution in [0.15, 0.2) is 65.1 Å². The fraction of sp³-hybridized carbons (Fsp3) is 0.0588. The second-order valence-electron chi connectivity index (χ2n) is 4.62. The van der Waals surface area contributed by atoms with Crippen LogP contribution >= 0.6 is 23.1 Å². The van der Waals surface area contributed by atoms with Crippen molar-refractivity contribution >= 4 is 34.7 Å². The first-order valence-corrected chi connectivity index (χ1v) is 8.81. The van der Waals surface area contributed by atoms with Gasteiger partial charge in [0.15, 0.2) is 0 Å². The molecule has 0 unspecified atom stereocenters. The zero-order chi connectivity index (χ0) is 15.4. The van der Waals surface area contributed by atoms with E-state index >= 15 is 0 Å². The van der Waals surface area contributed by atoms with E-state index < -0.39 is 0 Å². The minimum atomic E-state index is -0.105. The minimum absolute atomic E-state index is 0.105. The highest BCUT2D eigenvalue weighted by molar-refractivity contribution is 7.98. The number of thioether (sulfide) groups is 1. The van der Waals surface area contributed by atoms with E-state index in [1.54, 1.807) is 30.2 Å². The summed E-state index contributed by atoms with van der Waals surface area (Å²) in [5.41, 5.74) is 2.76. The van der Waals surface area contributed by atoms with Crippen molar-refractivity contribution in [1.82, 2.24) is 4.98 Å². The summed E-state index contributed by atoms with van der Waals surface area (Å²) in [6.07, 6.45) is 5.51. The molecule has 0 radical (unpaired) electrons. The topological polar surface area (TPSA) is 42.0 Å². The van der Waals surface area contributed by atoms with E-state index in [-0.39, 0.29) is 5.91 Å². The van der Waals surface area contributed by atoms with Crippen molar-refractivity contribution in [2.45, 2.75) is 4.90 Å². The third-order valence-electron chi connectivity index (χ3n) is 3.16. The van der Waals surface area contributed by atoms with Gasteiger partial charge in [-0.1, -0.05) is 18.2 Å². The predicted octanol–water partition coefficient (Wildman–Crippen LogP) is 4.78. The molecule has 5 heteroatoms. The van der Waals surface area contributed by atoms with Crippen LogP contribution in [0.1, 0.15) is 9.67 Å². The van der Waals surface area contributed by atoms with Gasteiger partial charge in [-0.2, -0.15) is 0 Å². The van der Waals surface area contributed by atoms with Crippen LogP contribution < -0.4 is 5.32 Å². The van der Waals surface area contributed by atoms with Gasteiger partial charge in [0.1, 0.15) is 0 Å². The number of rotatable bonds is 4. The normalized spacial score (nSPS) is 10.4. The number of nitrogens with one attached hydrogen (secondary N) is 1. The van der Waals surface area contributed by atoms with Crippen LogP contribution in [0.25, 0.3) is 11.1 Å². The molecule has 2 aromatic heterocycles. The van der Waals surface area contributed by atoms with Gasteiger partial charge >= 0.3 is 0 Å². The Balaban J connectivity index is 1.81. The summed E-state index contributed by atoms with van der Waals surface area (Å²) in [6, 6.07) is 13.9. The van der Waals surface area contributed by atoms with Crippen LogP contribution in [0.4, 0.5) is 5.69 Å². The second-order valence-corrected chi connectivity index (χ2v) is 6.45. The van der Waals surface area contributed by atoms with Crippen molar-refractivity contribution in [1.29, 1.82) is 0 Å². The van der Waals surface area contributed by atoms with E-state index in [0.29, 0.717) is 10.6 Å². The van der Waals surface area contributed by atoms with Gasteiger partial charge in [0.05, 0.1) is 16.8 Å². The second kappa shape index (κ2) is 6.77. The number of aromatic nitrogens is 1. The zero-order valence-electron chi connectivity index (χ0n) is 11.9. The standard InChI is InChI=1S/C17H14N2OS2/c1-21-15-6-4-12(5-7-15)13-9-14(11-18-10-13)19-17(20)16-3-2-8-22-16/h2-11H,1H3,(H,19,20). The summed E-state index contributed by atoms with van der Waals surface area (Å²) in [5.74, 6) is -0.105. The summed E-state index contributed by atoms with van der Waals surface area (Å²) in [5, 5.41) is 4.77. The lowest BCUT2D eigenvalue weighted by Gasteiger charge is -2.07. The maximum absolute atomic E-state index is 12.1. The molecule has 0 aliphatic rings. The monoisotopic (exact) mass is 326 g/mol. The molecule has 0 fully saturated rings. The van der Waals surface area contributed by atoms with E-state index in [1.807, 2.05) is 17.5 Å². The van der Waals surface area contributed by atoms with Crippen LogP contribution in [0.5, 0.6) is 0 Å². The Bertz CT molecular complexity index is 768. The molecule has 3 aromatic rings. The number of nitrogens with zero attached hydrogens (tertiary/aromatic N) is 1. The van der Waals surface area contributed by atoms with Crippen molar-refractivity contribution in [2.75, 3.05) is 11.6 Å². The van der Waals surface area contributed by atoms with E-state index in [0.717, 1.165) is 11.1 Å². The Morgan fingerprint density at radius 1 is 1.14 bits per heavy atom. The van der Waals surface area contributed by atoms with Gasteiger partial charge < -0.3 is 5.32 Å². The molecule has 0 saturated heterocycles. The minimum Gasteiger partial charge on any atom is -0.320 e. The van der Waals surface area contributed by atoms with E-state index in [9.17, 15) is 4.79 Å². The van der Waals surface area contributed by atoms with Crippen molar-refractivity contribution in [3.63, 3.8) is 0 Å². The summed E-state index contributed by atoms with van der Waals surface area (Å²) in [6.45, 7) is 0. The fourth-order valence-corrected chi connectivity index (χ4v) is 3.08. The lowest BCUT2D eigenvalue weighted by molar-refractivity contribution is 0.103. The number of pyridine rings is 1. The van der Waals surface area contributed by atoms with Gasteiger partial charge in [-0.3, -0.25) is 9.78 Å². The first-order valence-electron chi connectivity index (χ1n) is 6.70. The largest absolute Gasteiger partial charge is 0.320 e. The Morgan fingerprint density at radius 3 is 2.64 bits per heavy atom. The molecule has 0 bridgehead atoms. The number of carbonyl (C=O) groups is 1. The van der Waals surface area contributed by atoms with Crippen LogP contribution in [-0.4, -0.2) is 17.1 Å². The van der Waals surface area contributed by atoms with Crippen molar-refractivity contribution < 1.29 is 4.79 Å². The molecular weight excluding hydrogens is 312 g/mol. The first-order chi connectivity index (χ1) is 10.8.